The third kappa shape index (κ3) is 5.06. The van der Waals surface area contributed by atoms with Gasteiger partial charge >= 0.3 is 5.97 Å². The number of benzene rings is 2. The van der Waals surface area contributed by atoms with E-state index in [0.29, 0.717) is 10.6 Å². The Bertz CT molecular complexity index is 1040. The van der Waals surface area contributed by atoms with Gasteiger partial charge in [0.1, 0.15) is 5.82 Å². The molecular formula is C22H17ClN2O4. The molecule has 0 bridgehead atoms. The summed E-state index contributed by atoms with van der Waals surface area (Å²) in [5.74, 6) is -1.35. The van der Waals surface area contributed by atoms with Crippen LogP contribution in [0.25, 0.3) is 0 Å². The van der Waals surface area contributed by atoms with Crippen molar-refractivity contribution in [2.75, 3.05) is 5.32 Å². The predicted molar refractivity (Wildman–Crippen MR) is 109 cm³/mol. The molecule has 0 fully saturated rings. The molecule has 1 heterocycles. The fraction of sp³-hybridized carbons (Fsp3) is 0.0909. The first kappa shape index (κ1) is 20.2. The normalized spacial score (nSPS) is 11.4. The molecule has 7 heteroatoms. The minimum Gasteiger partial charge on any atom is -0.449 e. The number of ketones is 1. The molecule has 0 saturated heterocycles. The molecule has 0 aliphatic heterocycles. The van der Waals surface area contributed by atoms with Crippen molar-refractivity contribution in [1.29, 1.82) is 0 Å². The monoisotopic (exact) mass is 408 g/mol. The van der Waals surface area contributed by atoms with Crippen LogP contribution in [0.5, 0.6) is 0 Å². The first-order valence-electron chi connectivity index (χ1n) is 8.78. The maximum atomic E-state index is 12.8. The highest BCUT2D eigenvalue weighted by molar-refractivity contribution is 6.30. The molecule has 2 aromatic carbocycles. The number of carbonyl (C=O) groups excluding carboxylic acids is 3. The molecule has 3 aromatic rings. The van der Waals surface area contributed by atoms with Gasteiger partial charge in [0.2, 0.25) is 0 Å². The van der Waals surface area contributed by atoms with E-state index in [1.165, 1.54) is 25.3 Å². The number of anilines is 1. The van der Waals surface area contributed by atoms with E-state index >= 15 is 0 Å². The number of carbonyl (C=O) groups is 3. The van der Waals surface area contributed by atoms with Gasteiger partial charge in [0.05, 0.1) is 10.6 Å². The standard InChI is InChI=1S/C22H17ClN2O4/c1-14(21(27)25-19-12-11-16(23)13-24-19)29-22(28)18-10-6-5-9-17(18)20(26)15-7-3-2-4-8-15/h2-14H,1H3,(H,24,25,27)/t14-/m0/s1. The number of hydrogen-bond donors (Lipinski definition) is 1. The molecule has 0 aliphatic carbocycles. The van der Waals surface area contributed by atoms with Crippen molar-refractivity contribution >= 4 is 35.1 Å². The number of ether oxygens (including phenoxy) is 1. The van der Waals surface area contributed by atoms with Gasteiger partial charge in [0, 0.05) is 17.3 Å². The first-order valence-corrected chi connectivity index (χ1v) is 9.15. The van der Waals surface area contributed by atoms with Crippen LogP contribution >= 0.6 is 11.6 Å². The Balaban J connectivity index is 1.73. The summed E-state index contributed by atoms with van der Waals surface area (Å²) in [7, 11) is 0. The Hall–Kier alpha value is -3.51. The lowest BCUT2D eigenvalue weighted by Gasteiger charge is -2.14. The van der Waals surface area contributed by atoms with Crippen molar-refractivity contribution < 1.29 is 19.1 Å². The molecule has 1 amide bonds. The number of nitrogens with zero attached hydrogens (tertiary/aromatic N) is 1. The number of esters is 1. The van der Waals surface area contributed by atoms with Gasteiger partial charge in [0.15, 0.2) is 11.9 Å². The molecule has 0 radical (unpaired) electrons. The van der Waals surface area contributed by atoms with Crippen LogP contribution in [0, 0.1) is 0 Å². The van der Waals surface area contributed by atoms with Gasteiger partial charge in [-0.2, -0.15) is 0 Å². The van der Waals surface area contributed by atoms with Crippen LogP contribution in [0.15, 0.2) is 72.9 Å². The molecule has 6 nitrogen and oxygen atoms in total. The molecule has 0 saturated carbocycles. The van der Waals surface area contributed by atoms with Gasteiger partial charge < -0.3 is 10.1 Å². The van der Waals surface area contributed by atoms with Crippen LogP contribution in [0.3, 0.4) is 0 Å². The second kappa shape index (κ2) is 9.12. The minimum absolute atomic E-state index is 0.0885. The average molecular weight is 409 g/mol. The molecule has 0 spiro atoms. The zero-order valence-corrected chi connectivity index (χ0v) is 16.2. The number of nitrogens with one attached hydrogen (secondary N) is 1. The quantitative estimate of drug-likeness (QED) is 0.489. The molecule has 146 valence electrons. The summed E-state index contributed by atoms with van der Waals surface area (Å²) >= 11 is 5.76. The van der Waals surface area contributed by atoms with E-state index in [2.05, 4.69) is 10.3 Å². The number of pyridine rings is 1. The summed E-state index contributed by atoms with van der Waals surface area (Å²) in [5.41, 5.74) is 0.744. The fourth-order valence-corrected chi connectivity index (χ4v) is 2.67. The third-order valence-electron chi connectivity index (χ3n) is 4.06. The van der Waals surface area contributed by atoms with Crippen molar-refractivity contribution in [2.45, 2.75) is 13.0 Å². The number of halogens is 1. The van der Waals surface area contributed by atoms with Gasteiger partial charge in [-0.3, -0.25) is 9.59 Å². The summed E-state index contributed by atoms with van der Waals surface area (Å²) < 4.78 is 5.26. The summed E-state index contributed by atoms with van der Waals surface area (Å²) in [5, 5.41) is 2.97. The van der Waals surface area contributed by atoms with Crippen molar-refractivity contribution in [3.63, 3.8) is 0 Å². The summed E-state index contributed by atoms with van der Waals surface area (Å²) in [6.07, 6.45) is 0.291. The smallest absolute Gasteiger partial charge is 0.339 e. The van der Waals surface area contributed by atoms with Crippen LogP contribution in [0.2, 0.25) is 5.02 Å². The largest absolute Gasteiger partial charge is 0.449 e. The lowest BCUT2D eigenvalue weighted by molar-refractivity contribution is -0.123. The molecule has 0 aliphatic rings. The Morgan fingerprint density at radius 3 is 2.24 bits per heavy atom. The van der Waals surface area contributed by atoms with Gasteiger partial charge in [0.25, 0.3) is 5.91 Å². The molecule has 3 rings (SSSR count). The Morgan fingerprint density at radius 1 is 0.931 bits per heavy atom. The maximum absolute atomic E-state index is 12.8. The SMILES string of the molecule is C[C@H](OC(=O)c1ccccc1C(=O)c1ccccc1)C(=O)Nc1ccc(Cl)cn1. The Labute approximate surface area is 172 Å². The highest BCUT2D eigenvalue weighted by Gasteiger charge is 2.23. The zero-order chi connectivity index (χ0) is 20.8. The van der Waals surface area contributed by atoms with Crippen LogP contribution in [-0.2, 0) is 9.53 Å². The van der Waals surface area contributed by atoms with Gasteiger partial charge in [-0.1, -0.05) is 60.1 Å². The first-order chi connectivity index (χ1) is 14.0. The van der Waals surface area contributed by atoms with Crippen molar-refractivity contribution in [1.82, 2.24) is 4.98 Å². The van der Waals surface area contributed by atoms with Crippen molar-refractivity contribution in [3.8, 4) is 0 Å². The summed E-state index contributed by atoms with van der Waals surface area (Å²) in [6.45, 7) is 1.44. The lowest BCUT2D eigenvalue weighted by Crippen LogP contribution is -2.30. The highest BCUT2D eigenvalue weighted by atomic mass is 35.5. The van der Waals surface area contributed by atoms with E-state index in [1.54, 1.807) is 54.6 Å². The van der Waals surface area contributed by atoms with E-state index < -0.39 is 18.0 Å². The second-order valence-corrected chi connectivity index (χ2v) is 6.58. The Morgan fingerprint density at radius 2 is 1.59 bits per heavy atom. The molecule has 1 N–H and O–H groups in total. The molecule has 0 unspecified atom stereocenters. The maximum Gasteiger partial charge on any atom is 0.339 e. The van der Waals surface area contributed by atoms with Gasteiger partial charge in [-0.15, -0.1) is 0 Å². The third-order valence-corrected chi connectivity index (χ3v) is 4.28. The van der Waals surface area contributed by atoms with Gasteiger partial charge in [-0.25, -0.2) is 9.78 Å². The minimum atomic E-state index is -1.10. The van der Waals surface area contributed by atoms with E-state index in [0.717, 1.165) is 0 Å². The molecule has 1 aromatic heterocycles. The van der Waals surface area contributed by atoms with E-state index in [1.807, 2.05) is 0 Å². The zero-order valence-electron chi connectivity index (χ0n) is 15.5. The second-order valence-electron chi connectivity index (χ2n) is 6.14. The Kier molecular flexibility index (Phi) is 6.36. The lowest BCUT2D eigenvalue weighted by atomic mass is 9.98. The average Bonchev–Trinajstić information content (AvgIpc) is 2.75. The van der Waals surface area contributed by atoms with Crippen molar-refractivity contribution in [3.05, 3.63) is 94.6 Å². The van der Waals surface area contributed by atoms with Gasteiger partial charge in [-0.05, 0) is 25.1 Å². The molecule has 29 heavy (non-hydrogen) atoms. The van der Waals surface area contributed by atoms with E-state index in [4.69, 9.17) is 16.3 Å². The topological polar surface area (TPSA) is 85.4 Å². The van der Waals surface area contributed by atoms with Crippen LogP contribution in [-0.4, -0.2) is 28.7 Å². The number of rotatable bonds is 6. The van der Waals surface area contributed by atoms with Crippen LogP contribution < -0.4 is 5.32 Å². The fourth-order valence-electron chi connectivity index (χ4n) is 2.56. The van der Waals surface area contributed by atoms with Crippen molar-refractivity contribution in [2.24, 2.45) is 0 Å². The van der Waals surface area contributed by atoms with Crippen LogP contribution in [0.1, 0.15) is 33.2 Å². The number of hydrogen-bond acceptors (Lipinski definition) is 5. The van der Waals surface area contributed by atoms with E-state index in [9.17, 15) is 14.4 Å². The molecular weight excluding hydrogens is 392 g/mol. The number of amides is 1. The van der Waals surface area contributed by atoms with E-state index in [-0.39, 0.29) is 22.7 Å². The predicted octanol–water partition coefficient (Wildman–Crippen LogP) is 4.15. The highest BCUT2D eigenvalue weighted by Crippen LogP contribution is 2.17. The molecule has 1 atom stereocenters. The summed E-state index contributed by atoms with van der Waals surface area (Å²) in [4.78, 5) is 41.6. The summed E-state index contributed by atoms with van der Waals surface area (Å²) in [6, 6.07) is 18.0. The number of aromatic nitrogens is 1. The van der Waals surface area contributed by atoms with Crippen LogP contribution in [0.4, 0.5) is 5.82 Å².